The number of nitrogens with zero attached hydrogens (tertiary/aromatic N) is 1. The molecule has 136 valence electrons. The molecule has 3 rings (SSSR count). The lowest BCUT2D eigenvalue weighted by atomic mass is 9.96. The standard InChI is InChI=1S/C22H26N2O2/c1-16(23-22(26)21-9-6-14-24(15-21)17(2)25)18-10-12-20(13-11-18)19-7-4-3-5-8-19/h3-5,7-8,10-13,16,21H,6,9,14-15H2,1-2H3,(H,23,26). The number of carbonyl (C=O) groups excluding carboxylic acids is 2. The molecular formula is C22H26N2O2. The molecule has 2 amide bonds. The third kappa shape index (κ3) is 4.31. The van der Waals surface area contributed by atoms with Crippen LogP contribution in [0.25, 0.3) is 11.1 Å². The lowest BCUT2D eigenvalue weighted by Gasteiger charge is -2.32. The van der Waals surface area contributed by atoms with Gasteiger partial charge in [0.1, 0.15) is 0 Å². The molecule has 1 fully saturated rings. The molecule has 4 heteroatoms. The summed E-state index contributed by atoms with van der Waals surface area (Å²) in [6, 6.07) is 18.5. The van der Waals surface area contributed by atoms with E-state index in [4.69, 9.17) is 0 Å². The SMILES string of the molecule is CC(=O)N1CCCC(C(=O)NC(C)c2ccc(-c3ccccc3)cc2)C1. The molecule has 0 spiro atoms. The third-order valence-electron chi connectivity index (χ3n) is 5.11. The maximum absolute atomic E-state index is 12.6. The van der Waals surface area contributed by atoms with Crippen molar-refractivity contribution in [2.24, 2.45) is 5.92 Å². The van der Waals surface area contributed by atoms with Gasteiger partial charge in [-0.1, -0.05) is 54.6 Å². The van der Waals surface area contributed by atoms with Crippen LogP contribution in [0.15, 0.2) is 54.6 Å². The molecule has 0 radical (unpaired) electrons. The highest BCUT2D eigenvalue weighted by atomic mass is 16.2. The van der Waals surface area contributed by atoms with E-state index in [1.807, 2.05) is 25.1 Å². The summed E-state index contributed by atoms with van der Waals surface area (Å²) in [6.07, 6.45) is 1.73. The third-order valence-corrected chi connectivity index (χ3v) is 5.11. The largest absolute Gasteiger partial charge is 0.349 e. The van der Waals surface area contributed by atoms with Gasteiger partial charge in [-0.25, -0.2) is 0 Å². The van der Waals surface area contributed by atoms with Crippen molar-refractivity contribution >= 4 is 11.8 Å². The van der Waals surface area contributed by atoms with Crippen LogP contribution in [0.4, 0.5) is 0 Å². The van der Waals surface area contributed by atoms with E-state index in [1.54, 1.807) is 11.8 Å². The summed E-state index contributed by atoms with van der Waals surface area (Å²) in [4.78, 5) is 25.9. The van der Waals surface area contributed by atoms with E-state index in [-0.39, 0.29) is 23.8 Å². The Kier molecular flexibility index (Phi) is 5.71. The molecule has 1 heterocycles. The summed E-state index contributed by atoms with van der Waals surface area (Å²) >= 11 is 0. The Labute approximate surface area is 155 Å². The lowest BCUT2D eigenvalue weighted by Crippen LogP contribution is -2.45. The highest BCUT2D eigenvalue weighted by Crippen LogP contribution is 2.23. The first-order valence-corrected chi connectivity index (χ1v) is 9.26. The Balaban J connectivity index is 1.61. The van der Waals surface area contributed by atoms with Gasteiger partial charge in [-0.05, 0) is 36.5 Å². The quantitative estimate of drug-likeness (QED) is 0.912. The van der Waals surface area contributed by atoms with Crippen molar-refractivity contribution in [3.63, 3.8) is 0 Å². The van der Waals surface area contributed by atoms with Crippen molar-refractivity contribution in [2.75, 3.05) is 13.1 Å². The molecule has 1 aliphatic rings. The van der Waals surface area contributed by atoms with Crippen LogP contribution >= 0.6 is 0 Å². The average molecular weight is 350 g/mol. The van der Waals surface area contributed by atoms with Crippen molar-refractivity contribution < 1.29 is 9.59 Å². The summed E-state index contributed by atoms with van der Waals surface area (Å²) < 4.78 is 0. The summed E-state index contributed by atoms with van der Waals surface area (Å²) in [6.45, 7) is 4.86. The highest BCUT2D eigenvalue weighted by molar-refractivity contribution is 5.81. The fraction of sp³-hybridized carbons (Fsp3) is 0.364. The smallest absolute Gasteiger partial charge is 0.225 e. The van der Waals surface area contributed by atoms with Crippen LogP contribution in [0.3, 0.4) is 0 Å². The number of piperidine rings is 1. The summed E-state index contributed by atoms with van der Waals surface area (Å²) in [5.74, 6) is -0.0265. The maximum Gasteiger partial charge on any atom is 0.225 e. The lowest BCUT2D eigenvalue weighted by molar-refractivity contribution is -0.134. The van der Waals surface area contributed by atoms with E-state index in [9.17, 15) is 9.59 Å². The van der Waals surface area contributed by atoms with E-state index in [1.165, 1.54) is 5.56 Å². The van der Waals surface area contributed by atoms with Crippen LogP contribution in [0, 0.1) is 5.92 Å². The Morgan fingerprint density at radius 3 is 2.35 bits per heavy atom. The van der Waals surface area contributed by atoms with Gasteiger partial charge >= 0.3 is 0 Å². The Morgan fingerprint density at radius 2 is 1.69 bits per heavy atom. The minimum Gasteiger partial charge on any atom is -0.349 e. The molecule has 26 heavy (non-hydrogen) atoms. The number of rotatable bonds is 4. The van der Waals surface area contributed by atoms with Gasteiger partial charge in [0.25, 0.3) is 0 Å². The van der Waals surface area contributed by atoms with E-state index in [0.29, 0.717) is 6.54 Å². The first-order chi connectivity index (χ1) is 12.5. The molecule has 2 aromatic rings. The fourth-order valence-corrected chi connectivity index (χ4v) is 3.49. The van der Waals surface area contributed by atoms with E-state index in [2.05, 4.69) is 41.7 Å². The second kappa shape index (κ2) is 8.17. The number of carbonyl (C=O) groups is 2. The second-order valence-corrected chi connectivity index (χ2v) is 7.02. The van der Waals surface area contributed by atoms with Crippen LogP contribution in [0.5, 0.6) is 0 Å². The number of benzene rings is 2. The zero-order chi connectivity index (χ0) is 18.5. The van der Waals surface area contributed by atoms with E-state index in [0.717, 1.165) is 30.5 Å². The fourth-order valence-electron chi connectivity index (χ4n) is 3.49. The van der Waals surface area contributed by atoms with Gasteiger partial charge in [0.05, 0.1) is 12.0 Å². The average Bonchev–Trinajstić information content (AvgIpc) is 2.68. The molecule has 2 aromatic carbocycles. The Bertz CT molecular complexity index is 755. The van der Waals surface area contributed by atoms with E-state index >= 15 is 0 Å². The van der Waals surface area contributed by atoms with Crippen molar-refractivity contribution in [2.45, 2.75) is 32.7 Å². The molecule has 2 unspecified atom stereocenters. The van der Waals surface area contributed by atoms with Crippen molar-refractivity contribution in [3.05, 3.63) is 60.2 Å². The zero-order valence-corrected chi connectivity index (χ0v) is 15.4. The molecule has 0 saturated carbocycles. The first-order valence-electron chi connectivity index (χ1n) is 9.26. The summed E-state index contributed by atoms with van der Waals surface area (Å²) in [7, 11) is 0. The normalized spacial score (nSPS) is 18.2. The van der Waals surface area contributed by atoms with Crippen LogP contribution in [-0.4, -0.2) is 29.8 Å². The van der Waals surface area contributed by atoms with Crippen LogP contribution in [0.2, 0.25) is 0 Å². The van der Waals surface area contributed by atoms with Gasteiger partial charge in [-0.15, -0.1) is 0 Å². The Morgan fingerprint density at radius 1 is 1.04 bits per heavy atom. The van der Waals surface area contributed by atoms with Gasteiger partial charge in [-0.2, -0.15) is 0 Å². The Hall–Kier alpha value is -2.62. The van der Waals surface area contributed by atoms with Gasteiger partial charge in [0, 0.05) is 20.0 Å². The molecular weight excluding hydrogens is 324 g/mol. The topological polar surface area (TPSA) is 49.4 Å². The first kappa shape index (κ1) is 18.2. The summed E-state index contributed by atoms with van der Waals surface area (Å²) in [5, 5.41) is 3.11. The van der Waals surface area contributed by atoms with Crippen LogP contribution < -0.4 is 5.32 Å². The number of amides is 2. The minimum absolute atomic E-state index is 0.0376. The van der Waals surface area contributed by atoms with Crippen molar-refractivity contribution in [1.82, 2.24) is 10.2 Å². The van der Waals surface area contributed by atoms with Crippen molar-refractivity contribution in [3.8, 4) is 11.1 Å². The number of nitrogens with one attached hydrogen (secondary N) is 1. The highest BCUT2D eigenvalue weighted by Gasteiger charge is 2.27. The van der Waals surface area contributed by atoms with Gasteiger partial charge in [0.2, 0.25) is 11.8 Å². The molecule has 2 atom stereocenters. The number of likely N-dealkylation sites (tertiary alicyclic amines) is 1. The maximum atomic E-state index is 12.6. The predicted molar refractivity (Wildman–Crippen MR) is 103 cm³/mol. The molecule has 4 nitrogen and oxygen atoms in total. The predicted octanol–water partition coefficient (Wildman–Crippen LogP) is 3.79. The number of hydrogen-bond donors (Lipinski definition) is 1. The van der Waals surface area contributed by atoms with Crippen LogP contribution in [0.1, 0.15) is 38.3 Å². The molecule has 0 bridgehead atoms. The van der Waals surface area contributed by atoms with Gasteiger partial charge < -0.3 is 10.2 Å². The molecule has 0 aliphatic carbocycles. The van der Waals surface area contributed by atoms with E-state index < -0.39 is 0 Å². The second-order valence-electron chi connectivity index (χ2n) is 7.02. The molecule has 1 aliphatic heterocycles. The molecule has 1 N–H and O–H groups in total. The molecule has 1 saturated heterocycles. The van der Waals surface area contributed by atoms with Crippen LogP contribution in [-0.2, 0) is 9.59 Å². The number of hydrogen-bond acceptors (Lipinski definition) is 2. The van der Waals surface area contributed by atoms with Gasteiger partial charge in [0.15, 0.2) is 0 Å². The zero-order valence-electron chi connectivity index (χ0n) is 15.4. The minimum atomic E-state index is -0.112. The monoisotopic (exact) mass is 350 g/mol. The van der Waals surface area contributed by atoms with Gasteiger partial charge in [-0.3, -0.25) is 9.59 Å². The molecule has 0 aromatic heterocycles. The van der Waals surface area contributed by atoms with Crippen molar-refractivity contribution in [1.29, 1.82) is 0 Å². The summed E-state index contributed by atoms with van der Waals surface area (Å²) in [5.41, 5.74) is 3.43.